The van der Waals surface area contributed by atoms with Gasteiger partial charge in [-0.3, -0.25) is 29.4 Å². The Morgan fingerprint density at radius 1 is 0.935 bits per heavy atom. The molecule has 4 amide bonds. The number of nitrogens with one attached hydrogen (secondary N) is 1. The van der Waals surface area contributed by atoms with Crippen LogP contribution >= 0.6 is 0 Å². The molecule has 1 aromatic rings. The van der Waals surface area contributed by atoms with Crippen LogP contribution in [0.25, 0.3) is 0 Å². The molecule has 2 aliphatic heterocycles. The number of unbranched alkanes of at least 4 members (excludes halogenated alkanes) is 8. The van der Waals surface area contributed by atoms with Crippen LogP contribution in [0.5, 0.6) is 5.75 Å². The van der Waals surface area contributed by atoms with Gasteiger partial charge in [0.05, 0.1) is 17.7 Å². The highest BCUT2D eigenvalue weighted by atomic mass is 16.5. The van der Waals surface area contributed by atoms with E-state index in [2.05, 4.69) is 12.2 Å². The van der Waals surface area contributed by atoms with Crippen LogP contribution in [-0.2, 0) is 9.59 Å². The number of ether oxygens (including phenoxy) is 1. The molecular formula is C24H32N2O5. The second kappa shape index (κ2) is 11.1. The molecule has 1 atom stereocenters. The minimum atomic E-state index is -0.963. The highest BCUT2D eigenvalue weighted by molar-refractivity contribution is 6.24. The van der Waals surface area contributed by atoms with E-state index in [0.717, 1.165) is 17.7 Å². The zero-order valence-electron chi connectivity index (χ0n) is 18.3. The van der Waals surface area contributed by atoms with E-state index in [4.69, 9.17) is 4.74 Å². The van der Waals surface area contributed by atoms with Crippen molar-refractivity contribution in [3.05, 3.63) is 29.3 Å². The Morgan fingerprint density at radius 2 is 1.61 bits per heavy atom. The van der Waals surface area contributed by atoms with Crippen LogP contribution in [0.15, 0.2) is 18.2 Å². The predicted molar refractivity (Wildman–Crippen MR) is 116 cm³/mol. The summed E-state index contributed by atoms with van der Waals surface area (Å²) in [5, 5.41) is 2.21. The summed E-state index contributed by atoms with van der Waals surface area (Å²) in [4.78, 5) is 50.4. The number of piperidine rings is 1. The average Bonchev–Trinajstić information content (AvgIpc) is 3.01. The van der Waals surface area contributed by atoms with E-state index in [1.165, 1.54) is 44.9 Å². The SMILES string of the molecule is CCCCCCCCCCCOc1cccc2c1C(=O)N(C1CCC(=O)NC1=O)C2=O. The first-order chi connectivity index (χ1) is 15.0. The fourth-order valence-corrected chi connectivity index (χ4v) is 4.20. The molecule has 1 unspecified atom stereocenters. The van der Waals surface area contributed by atoms with E-state index >= 15 is 0 Å². The third-order valence-corrected chi connectivity index (χ3v) is 5.94. The summed E-state index contributed by atoms with van der Waals surface area (Å²) in [6.45, 7) is 2.70. The van der Waals surface area contributed by atoms with Crippen LogP contribution in [0.4, 0.5) is 0 Å². The normalized spacial score (nSPS) is 18.4. The number of hydrogen-bond donors (Lipinski definition) is 1. The van der Waals surface area contributed by atoms with E-state index in [9.17, 15) is 19.2 Å². The van der Waals surface area contributed by atoms with Gasteiger partial charge in [0.1, 0.15) is 11.8 Å². The Bertz CT molecular complexity index is 835. The first-order valence-electron chi connectivity index (χ1n) is 11.5. The number of imide groups is 2. The van der Waals surface area contributed by atoms with E-state index in [0.29, 0.717) is 12.4 Å². The number of benzene rings is 1. The number of rotatable bonds is 12. The van der Waals surface area contributed by atoms with Crippen LogP contribution in [0.3, 0.4) is 0 Å². The summed E-state index contributed by atoms with van der Waals surface area (Å²) < 4.78 is 5.85. The van der Waals surface area contributed by atoms with Gasteiger partial charge < -0.3 is 4.74 Å². The molecule has 0 aromatic heterocycles. The maximum atomic E-state index is 13.0. The maximum absolute atomic E-state index is 13.0. The average molecular weight is 429 g/mol. The van der Waals surface area contributed by atoms with Crippen molar-refractivity contribution in [3.8, 4) is 5.75 Å². The lowest BCUT2D eigenvalue weighted by Gasteiger charge is -2.27. The topological polar surface area (TPSA) is 92.8 Å². The highest BCUT2D eigenvalue weighted by Gasteiger charge is 2.45. The summed E-state index contributed by atoms with van der Waals surface area (Å²) in [5.74, 6) is -1.66. The van der Waals surface area contributed by atoms with Crippen LogP contribution in [0.1, 0.15) is 98.3 Å². The molecule has 0 aliphatic carbocycles. The van der Waals surface area contributed by atoms with Crippen LogP contribution in [0.2, 0.25) is 0 Å². The van der Waals surface area contributed by atoms with Crippen molar-refractivity contribution in [1.29, 1.82) is 0 Å². The largest absolute Gasteiger partial charge is 0.493 e. The molecule has 1 fully saturated rings. The summed E-state index contributed by atoms with van der Waals surface area (Å²) >= 11 is 0. The van der Waals surface area contributed by atoms with Crippen LogP contribution in [0, 0.1) is 0 Å². The molecule has 1 saturated heterocycles. The fourth-order valence-electron chi connectivity index (χ4n) is 4.20. The molecule has 0 spiro atoms. The van der Waals surface area contributed by atoms with Gasteiger partial charge in [0.25, 0.3) is 11.8 Å². The second-order valence-corrected chi connectivity index (χ2v) is 8.30. The number of carbonyl (C=O) groups is 4. The van der Waals surface area contributed by atoms with Crippen LogP contribution in [-0.4, -0.2) is 41.2 Å². The Labute approximate surface area is 183 Å². The van der Waals surface area contributed by atoms with Crippen molar-refractivity contribution in [2.24, 2.45) is 0 Å². The lowest BCUT2D eigenvalue weighted by molar-refractivity contribution is -0.136. The predicted octanol–water partition coefficient (Wildman–Crippen LogP) is 4.00. The Balaban J connectivity index is 1.51. The van der Waals surface area contributed by atoms with E-state index in [1.807, 2.05) is 0 Å². The molecule has 168 valence electrons. The third-order valence-electron chi connectivity index (χ3n) is 5.94. The molecule has 0 saturated carbocycles. The van der Waals surface area contributed by atoms with Gasteiger partial charge in [0.2, 0.25) is 11.8 Å². The van der Waals surface area contributed by atoms with Gasteiger partial charge in [0, 0.05) is 6.42 Å². The maximum Gasteiger partial charge on any atom is 0.266 e. The Kier molecular flexibility index (Phi) is 8.20. The lowest BCUT2D eigenvalue weighted by atomic mass is 10.0. The molecule has 0 bridgehead atoms. The number of fused-ring (bicyclic) bond motifs is 1. The molecule has 1 aromatic carbocycles. The zero-order valence-corrected chi connectivity index (χ0v) is 18.3. The first-order valence-corrected chi connectivity index (χ1v) is 11.5. The Morgan fingerprint density at radius 3 is 2.29 bits per heavy atom. The van der Waals surface area contributed by atoms with Gasteiger partial charge in [-0.05, 0) is 25.0 Å². The number of amides is 4. The second-order valence-electron chi connectivity index (χ2n) is 8.30. The summed E-state index contributed by atoms with van der Waals surface area (Å²) in [5.41, 5.74) is 0.465. The van der Waals surface area contributed by atoms with Crippen molar-refractivity contribution in [3.63, 3.8) is 0 Å². The first kappa shape index (κ1) is 23.0. The van der Waals surface area contributed by atoms with E-state index in [-0.39, 0.29) is 29.9 Å². The molecule has 0 radical (unpaired) electrons. The standard InChI is InChI=1S/C24H32N2O5/c1-2-3-4-5-6-7-8-9-10-16-31-19-13-11-12-17-21(19)24(30)26(23(17)29)18-14-15-20(27)25-22(18)28/h11-13,18H,2-10,14-16H2,1H3,(H,25,27,28). The third kappa shape index (κ3) is 5.51. The quantitative estimate of drug-likeness (QED) is 0.401. The smallest absolute Gasteiger partial charge is 0.266 e. The molecule has 7 heteroatoms. The molecule has 3 rings (SSSR count). The molecule has 31 heavy (non-hydrogen) atoms. The summed E-state index contributed by atoms with van der Waals surface area (Å²) in [7, 11) is 0. The van der Waals surface area contributed by atoms with E-state index < -0.39 is 23.8 Å². The summed E-state index contributed by atoms with van der Waals surface area (Å²) in [6.07, 6.45) is 11.1. The van der Waals surface area contributed by atoms with Crippen molar-refractivity contribution in [2.75, 3.05) is 6.61 Å². The molecular weight excluding hydrogens is 396 g/mol. The minimum Gasteiger partial charge on any atom is -0.493 e. The van der Waals surface area contributed by atoms with Crippen molar-refractivity contribution in [2.45, 2.75) is 83.6 Å². The zero-order chi connectivity index (χ0) is 22.2. The highest BCUT2D eigenvalue weighted by Crippen LogP contribution is 2.33. The monoisotopic (exact) mass is 428 g/mol. The number of carbonyl (C=O) groups excluding carboxylic acids is 4. The van der Waals surface area contributed by atoms with Gasteiger partial charge in [-0.1, -0.05) is 64.4 Å². The molecule has 2 heterocycles. The molecule has 2 aliphatic rings. The van der Waals surface area contributed by atoms with Gasteiger partial charge >= 0.3 is 0 Å². The number of hydrogen-bond acceptors (Lipinski definition) is 5. The Hall–Kier alpha value is -2.70. The van der Waals surface area contributed by atoms with Crippen molar-refractivity contribution >= 4 is 23.6 Å². The fraction of sp³-hybridized carbons (Fsp3) is 0.583. The summed E-state index contributed by atoms with van der Waals surface area (Å²) in [6, 6.07) is 3.98. The van der Waals surface area contributed by atoms with Gasteiger partial charge in [0.15, 0.2) is 0 Å². The van der Waals surface area contributed by atoms with Crippen molar-refractivity contribution in [1.82, 2.24) is 10.2 Å². The van der Waals surface area contributed by atoms with Gasteiger partial charge in [-0.2, -0.15) is 0 Å². The molecule has 1 N–H and O–H groups in total. The number of nitrogens with zero attached hydrogens (tertiary/aromatic N) is 1. The van der Waals surface area contributed by atoms with Gasteiger partial charge in [-0.25, -0.2) is 0 Å². The van der Waals surface area contributed by atoms with E-state index in [1.54, 1.807) is 18.2 Å². The lowest BCUT2D eigenvalue weighted by Crippen LogP contribution is -2.54. The molecule has 7 nitrogen and oxygen atoms in total. The minimum absolute atomic E-state index is 0.103. The van der Waals surface area contributed by atoms with Crippen LogP contribution < -0.4 is 10.1 Å². The van der Waals surface area contributed by atoms with Crippen molar-refractivity contribution < 1.29 is 23.9 Å². The van der Waals surface area contributed by atoms with Gasteiger partial charge in [-0.15, -0.1) is 0 Å².